The van der Waals surface area contributed by atoms with E-state index in [2.05, 4.69) is 42.7 Å². The Morgan fingerprint density at radius 3 is 2.35 bits per heavy atom. The Bertz CT molecular complexity index is 674. The number of anilines is 1. The van der Waals surface area contributed by atoms with E-state index in [0.717, 1.165) is 11.3 Å². The summed E-state index contributed by atoms with van der Waals surface area (Å²) in [7, 11) is 0. The van der Waals surface area contributed by atoms with Gasteiger partial charge in [-0.3, -0.25) is 5.43 Å². The van der Waals surface area contributed by atoms with Gasteiger partial charge in [0.25, 0.3) is 0 Å². The van der Waals surface area contributed by atoms with E-state index < -0.39 is 0 Å². The van der Waals surface area contributed by atoms with Crippen LogP contribution in [-0.4, -0.2) is 12.1 Å². The molecule has 8 nitrogen and oxygen atoms in total. The van der Waals surface area contributed by atoms with Crippen LogP contribution in [0, 0.1) is 6.92 Å². The quantitative estimate of drug-likeness (QED) is 0.256. The summed E-state index contributed by atoms with van der Waals surface area (Å²) in [6, 6.07) is 17.6. The molecule has 0 amide bonds. The van der Waals surface area contributed by atoms with Gasteiger partial charge in [0.15, 0.2) is 0 Å². The Labute approximate surface area is 134 Å². The molecule has 2 aromatic rings. The third kappa shape index (κ3) is 4.41. The summed E-state index contributed by atoms with van der Waals surface area (Å²) in [5, 5.41) is 12.7. The number of hydrogen-bond donors (Lipinski definition) is 5. The molecule has 0 unspecified atom stereocenters. The number of benzene rings is 2. The summed E-state index contributed by atoms with van der Waals surface area (Å²) in [5.41, 5.74) is 17.0. The fourth-order valence-electron chi connectivity index (χ4n) is 1.89. The van der Waals surface area contributed by atoms with E-state index >= 15 is 0 Å². The average molecular weight is 310 g/mol. The van der Waals surface area contributed by atoms with Crippen LogP contribution >= 0.6 is 0 Å². The van der Waals surface area contributed by atoms with Gasteiger partial charge in [-0.2, -0.15) is 16.2 Å². The summed E-state index contributed by atoms with van der Waals surface area (Å²) in [6.45, 7) is 2.04. The molecule has 2 aromatic carbocycles. The first kappa shape index (κ1) is 15.3. The number of nitrogens with zero attached hydrogens (tertiary/aromatic N) is 3. The molecule has 0 aromatic heterocycles. The van der Waals surface area contributed by atoms with Crippen LogP contribution in [0.15, 0.2) is 69.9 Å². The number of amidine groups is 1. The molecule has 8 heteroatoms. The van der Waals surface area contributed by atoms with Crippen LogP contribution in [0.3, 0.4) is 0 Å². The number of azo groups is 1. The smallest absolute Gasteiger partial charge is 0.201 e. The third-order valence-corrected chi connectivity index (χ3v) is 3.12. The largest absolute Gasteiger partial charge is 0.276 e. The van der Waals surface area contributed by atoms with Crippen LogP contribution in [0.2, 0.25) is 0 Å². The minimum atomic E-state index is -0.372. The predicted octanol–water partition coefficient (Wildman–Crippen LogP) is 1.62. The van der Waals surface area contributed by atoms with Crippen molar-refractivity contribution >= 4 is 11.5 Å². The van der Waals surface area contributed by atoms with Gasteiger partial charge in [0.05, 0.1) is 5.69 Å². The van der Waals surface area contributed by atoms with Gasteiger partial charge < -0.3 is 0 Å². The fraction of sp³-hybridized carbons (Fsp3) is 0.133. The zero-order valence-electron chi connectivity index (χ0n) is 12.6. The van der Waals surface area contributed by atoms with E-state index in [9.17, 15) is 0 Å². The number of nitrogens with one attached hydrogen (secondary N) is 5. The van der Waals surface area contributed by atoms with Crippen LogP contribution in [0.5, 0.6) is 0 Å². The maximum absolute atomic E-state index is 4.36. The van der Waals surface area contributed by atoms with Gasteiger partial charge in [-0.05, 0) is 19.1 Å². The lowest BCUT2D eigenvalue weighted by Crippen LogP contribution is -2.33. The van der Waals surface area contributed by atoms with E-state index in [-0.39, 0.29) is 6.29 Å². The maximum atomic E-state index is 4.36. The highest BCUT2D eigenvalue weighted by Gasteiger charge is 2.11. The van der Waals surface area contributed by atoms with Crippen molar-refractivity contribution in [3.05, 3.63) is 65.7 Å². The number of hydrogen-bond acceptors (Lipinski definition) is 7. The summed E-state index contributed by atoms with van der Waals surface area (Å²) in [4.78, 5) is 0. The number of aryl methyl sites for hydroxylation is 1. The molecular formula is C15H18N8. The standard InChI is InChI=1S/C15H18N8/c1-11-7-9-13(10-8-11)16-17-14(12-5-3-2-4-6-12)18-19-15-20-22-23-21-15/h2-10,15-16,20-23H,1H3/b17-14+,19-18?. The lowest BCUT2D eigenvalue weighted by Gasteiger charge is -2.05. The zero-order chi connectivity index (χ0) is 15.9. The first-order valence-corrected chi connectivity index (χ1v) is 7.19. The Balaban J connectivity index is 1.79. The van der Waals surface area contributed by atoms with Gasteiger partial charge in [0, 0.05) is 5.56 Å². The third-order valence-electron chi connectivity index (χ3n) is 3.12. The topological polar surface area (TPSA) is 97.2 Å². The number of rotatable bonds is 4. The average Bonchev–Trinajstić information content (AvgIpc) is 3.11. The molecular weight excluding hydrogens is 292 g/mol. The van der Waals surface area contributed by atoms with Gasteiger partial charge >= 0.3 is 0 Å². The highest BCUT2D eigenvalue weighted by molar-refractivity contribution is 5.99. The SMILES string of the molecule is Cc1ccc(N/N=C(/N=NC2NNNN2)c2ccccc2)cc1. The monoisotopic (exact) mass is 310 g/mol. The molecule has 0 bridgehead atoms. The number of hydrazone groups is 1. The molecule has 3 rings (SSSR count). The van der Waals surface area contributed by atoms with E-state index in [0.29, 0.717) is 5.84 Å². The van der Waals surface area contributed by atoms with Crippen LogP contribution in [0.4, 0.5) is 5.69 Å². The van der Waals surface area contributed by atoms with Gasteiger partial charge in [0.2, 0.25) is 12.1 Å². The van der Waals surface area contributed by atoms with Crippen molar-refractivity contribution in [1.82, 2.24) is 21.9 Å². The van der Waals surface area contributed by atoms with Crippen LogP contribution in [0.1, 0.15) is 11.1 Å². The van der Waals surface area contributed by atoms with E-state index in [1.807, 2.05) is 61.5 Å². The Kier molecular flexibility index (Phi) is 5.02. The molecule has 1 aliphatic rings. The lowest BCUT2D eigenvalue weighted by molar-refractivity contribution is 0.528. The molecule has 23 heavy (non-hydrogen) atoms. The molecule has 0 saturated carbocycles. The zero-order valence-corrected chi connectivity index (χ0v) is 12.6. The van der Waals surface area contributed by atoms with E-state index in [4.69, 9.17) is 0 Å². The number of hydrazine groups is 3. The molecule has 1 fully saturated rings. The minimum absolute atomic E-state index is 0.372. The van der Waals surface area contributed by atoms with Gasteiger partial charge in [-0.1, -0.05) is 48.0 Å². The Morgan fingerprint density at radius 2 is 1.65 bits per heavy atom. The van der Waals surface area contributed by atoms with Crippen LogP contribution < -0.4 is 27.3 Å². The summed E-state index contributed by atoms with van der Waals surface area (Å²) in [6.07, 6.45) is -0.372. The van der Waals surface area contributed by atoms with Gasteiger partial charge in [0.1, 0.15) is 0 Å². The second-order valence-electron chi connectivity index (χ2n) is 4.94. The second-order valence-corrected chi connectivity index (χ2v) is 4.94. The summed E-state index contributed by atoms with van der Waals surface area (Å²) in [5.74, 6) is 0.488. The fourth-order valence-corrected chi connectivity index (χ4v) is 1.89. The molecule has 0 aliphatic carbocycles. The van der Waals surface area contributed by atoms with Gasteiger partial charge in [-0.15, -0.1) is 10.2 Å². The molecule has 118 valence electrons. The molecule has 1 heterocycles. The first-order valence-electron chi connectivity index (χ1n) is 7.19. The second kappa shape index (κ2) is 7.56. The van der Waals surface area contributed by atoms with Crippen molar-refractivity contribution < 1.29 is 0 Å². The molecule has 0 spiro atoms. The van der Waals surface area contributed by atoms with Crippen LogP contribution in [-0.2, 0) is 0 Å². The van der Waals surface area contributed by atoms with E-state index in [1.54, 1.807) is 0 Å². The van der Waals surface area contributed by atoms with Crippen molar-refractivity contribution in [3.63, 3.8) is 0 Å². The highest BCUT2D eigenvalue weighted by Crippen LogP contribution is 2.10. The first-order chi connectivity index (χ1) is 11.3. The van der Waals surface area contributed by atoms with E-state index in [1.165, 1.54) is 5.56 Å². The van der Waals surface area contributed by atoms with Gasteiger partial charge in [-0.25, -0.2) is 10.9 Å². The minimum Gasteiger partial charge on any atom is -0.276 e. The molecule has 0 radical (unpaired) electrons. The van der Waals surface area contributed by atoms with Crippen LogP contribution in [0.25, 0.3) is 0 Å². The Morgan fingerprint density at radius 1 is 0.957 bits per heavy atom. The molecule has 1 saturated heterocycles. The van der Waals surface area contributed by atoms with Crippen molar-refractivity contribution in [2.45, 2.75) is 13.2 Å². The maximum Gasteiger partial charge on any atom is 0.201 e. The predicted molar refractivity (Wildman–Crippen MR) is 89.0 cm³/mol. The molecule has 5 N–H and O–H groups in total. The van der Waals surface area contributed by atoms with Crippen molar-refractivity contribution in [2.75, 3.05) is 5.43 Å². The Hall–Kier alpha value is -2.65. The van der Waals surface area contributed by atoms with Crippen molar-refractivity contribution in [3.8, 4) is 0 Å². The highest BCUT2D eigenvalue weighted by atomic mass is 15.8. The summed E-state index contributed by atoms with van der Waals surface area (Å²) >= 11 is 0. The summed E-state index contributed by atoms with van der Waals surface area (Å²) < 4.78 is 0. The van der Waals surface area contributed by atoms with Crippen molar-refractivity contribution in [1.29, 1.82) is 0 Å². The lowest BCUT2D eigenvalue weighted by atomic mass is 10.2. The molecule has 0 atom stereocenters. The normalized spacial score (nSPS) is 16.1. The molecule has 1 aliphatic heterocycles. The van der Waals surface area contributed by atoms with Crippen molar-refractivity contribution in [2.24, 2.45) is 15.3 Å².